The molecule has 1 aromatic rings. The fourth-order valence-corrected chi connectivity index (χ4v) is 1.08. The first-order chi connectivity index (χ1) is 6.33. The summed E-state index contributed by atoms with van der Waals surface area (Å²) in [5, 5.41) is 11.3. The molecule has 0 spiro atoms. The first-order valence-corrected chi connectivity index (χ1v) is 3.72. The van der Waals surface area contributed by atoms with E-state index in [0.29, 0.717) is 17.1 Å². The van der Waals surface area contributed by atoms with Crippen LogP contribution in [0.5, 0.6) is 11.5 Å². The van der Waals surface area contributed by atoms with Gasteiger partial charge >= 0.3 is 0 Å². The van der Waals surface area contributed by atoms with Crippen molar-refractivity contribution in [3.05, 3.63) is 23.8 Å². The number of hydrogen-bond donors (Lipinski definition) is 1. The quantitative estimate of drug-likeness (QED) is 0.437. The molecule has 0 amide bonds. The summed E-state index contributed by atoms with van der Waals surface area (Å²) in [5.41, 5.74) is 0.671. The molecule has 0 saturated heterocycles. The minimum atomic E-state index is 0.558. The van der Waals surface area contributed by atoms with E-state index in [2.05, 4.69) is 5.16 Å². The van der Waals surface area contributed by atoms with Gasteiger partial charge in [-0.3, -0.25) is 0 Å². The normalized spacial score (nSPS) is 10.3. The van der Waals surface area contributed by atoms with E-state index >= 15 is 0 Å². The lowest BCUT2D eigenvalue weighted by molar-refractivity contribution is 0.321. The summed E-state index contributed by atoms with van der Waals surface area (Å²) in [6, 6.07) is 5.33. The van der Waals surface area contributed by atoms with Crippen LogP contribution in [0.25, 0.3) is 0 Å². The summed E-state index contributed by atoms with van der Waals surface area (Å²) in [7, 11) is 3.09. The third-order valence-electron chi connectivity index (χ3n) is 1.63. The van der Waals surface area contributed by atoms with Crippen molar-refractivity contribution in [1.82, 2.24) is 0 Å². The highest BCUT2D eigenvalue weighted by Gasteiger charge is 2.06. The van der Waals surface area contributed by atoms with Gasteiger partial charge in [0.1, 0.15) is 0 Å². The molecule has 0 radical (unpaired) electrons. The minimum absolute atomic E-state index is 0.558. The molecule has 0 saturated carbocycles. The second kappa shape index (κ2) is 4.35. The van der Waals surface area contributed by atoms with Gasteiger partial charge in [-0.15, -0.1) is 0 Å². The predicted octanol–water partition coefficient (Wildman–Crippen LogP) is 1.51. The number of methoxy groups -OCH3 is 2. The van der Waals surface area contributed by atoms with Crippen molar-refractivity contribution in [3.8, 4) is 11.5 Å². The number of benzene rings is 1. The lowest BCUT2D eigenvalue weighted by atomic mass is 10.2. The fraction of sp³-hybridized carbons (Fsp3) is 0.222. The molecule has 0 aliphatic rings. The van der Waals surface area contributed by atoms with Crippen LogP contribution in [0.4, 0.5) is 0 Å². The molecule has 70 valence electrons. The third kappa shape index (κ3) is 1.90. The van der Waals surface area contributed by atoms with E-state index in [-0.39, 0.29) is 0 Å². The zero-order valence-electron chi connectivity index (χ0n) is 7.52. The molecule has 0 unspecified atom stereocenters. The molecule has 0 fully saturated rings. The number of hydrogen-bond acceptors (Lipinski definition) is 4. The Bertz CT molecular complexity index is 310. The Hall–Kier alpha value is -1.71. The first kappa shape index (κ1) is 9.38. The van der Waals surface area contributed by atoms with Crippen LogP contribution < -0.4 is 9.47 Å². The maximum atomic E-state index is 8.38. The van der Waals surface area contributed by atoms with Gasteiger partial charge < -0.3 is 14.7 Å². The molecule has 4 heteroatoms. The highest BCUT2D eigenvalue weighted by molar-refractivity contribution is 5.84. The van der Waals surface area contributed by atoms with E-state index in [1.54, 1.807) is 25.3 Å². The summed E-state index contributed by atoms with van der Waals surface area (Å²) in [6.45, 7) is 0. The van der Waals surface area contributed by atoms with E-state index in [9.17, 15) is 0 Å². The van der Waals surface area contributed by atoms with Gasteiger partial charge in [0.2, 0.25) is 0 Å². The average Bonchev–Trinajstić information content (AvgIpc) is 2.18. The van der Waals surface area contributed by atoms with Crippen molar-refractivity contribution in [3.63, 3.8) is 0 Å². The summed E-state index contributed by atoms with van der Waals surface area (Å²) in [4.78, 5) is 0. The number of rotatable bonds is 3. The standard InChI is InChI=1S/C9H11NO3/c1-12-8-5-3-4-7(6-10-11)9(8)13-2/h3-6,11H,1-2H3. The Kier molecular flexibility index (Phi) is 3.14. The predicted molar refractivity (Wildman–Crippen MR) is 48.9 cm³/mol. The van der Waals surface area contributed by atoms with Crippen LogP contribution in [-0.2, 0) is 0 Å². The molecule has 1 aromatic carbocycles. The molecule has 13 heavy (non-hydrogen) atoms. The Morgan fingerprint density at radius 2 is 2.08 bits per heavy atom. The van der Waals surface area contributed by atoms with Crippen LogP contribution in [0.2, 0.25) is 0 Å². The Morgan fingerprint density at radius 1 is 1.31 bits per heavy atom. The molecular weight excluding hydrogens is 170 g/mol. The molecule has 4 nitrogen and oxygen atoms in total. The van der Waals surface area contributed by atoms with E-state index < -0.39 is 0 Å². The Morgan fingerprint density at radius 3 is 2.62 bits per heavy atom. The topological polar surface area (TPSA) is 51.0 Å². The molecular formula is C9H11NO3. The second-order valence-corrected chi connectivity index (χ2v) is 2.33. The number of oxime groups is 1. The van der Waals surface area contributed by atoms with Crippen LogP contribution in [0.3, 0.4) is 0 Å². The van der Waals surface area contributed by atoms with Gasteiger partial charge in [0.25, 0.3) is 0 Å². The fourth-order valence-electron chi connectivity index (χ4n) is 1.08. The van der Waals surface area contributed by atoms with Crippen molar-refractivity contribution >= 4 is 6.21 Å². The van der Waals surface area contributed by atoms with Gasteiger partial charge in [-0.05, 0) is 12.1 Å². The van der Waals surface area contributed by atoms with Crippen molar-refractivity contribution in [2.24, 2.45) is 5.16 Å². The summed E-state index contributed by atoms with van der Waals surface area (Å²) in [6.07, 6.45) is 1.29. The van der Waals surface area contributed by atoms with E-state index in [4.69, 9.17) is 14.7 Å². The van der Waals surface area contributed by atoms with Crippen molar-refractivity contribution < 1.29 is 14.7 Å². The zero-order valence-corrected chi connectivity index (χ0v) is 7.52. The number of nitrogens with zero attached hydrogens (tertiary/aromatic N) is 1. The molecule has 1 N–H and O–H groups in total. The van der Waals surface area contributed by atoms with Crippen LogP contribution >= 0.6 is 0 Å². The van der Waals surface area contributed by atoms with Crippen LogP contribution in [0.15, 0.2) is 23.4 Å². The summed E-state index contributed by atoms with van der Waals surface area (Å²) < 4.78 is 10.1. The van der Waals surface area contributed by atoms with Crippen LogP contribution in [0.1, 0.15) is 5.56 Å². The van der Waals surface area contributed by atoms with Gasteiger partial charge in [0.05, 0.1) is 20.4 Å². The first-order valence-electron chi connectivity index (χ1n) is 3.72. The van der Waals surface area contributed by atoms with Crippen molar-refractivity contribution in [1.29, 1.82) is 0 Å². The Labute approximate surface area is 76.4 Å². The maximum Gasteiger partial charge on any atom is 0.169 e. The largest absolute Gasteiger partial charge is 0.493 e. The van der Waals surface area contributed by atoms with E-state index in [0.717, 1.165) is 0 Å². The minimum Gasteiger partial charge on any atom is -0.493 e. The highest BCUT2D eigenvalue weighted by Crippen LogP contribution is 2.29. The molecule has 1 rings (SSSR count). The third-order valence-corrected chi connectivity index (χ3v) is 1.63. The van der Waals surface area contributed by atoms with Gasteiger partial charge in [0, 0.05) is 5.56 Å². The molecule has 0 aliphatic carbocycles. The van der Waals surface area contributed by atoms with Gasteiger partial charge in [0.15, 0.2) is 11.5 Å². The summed E-state index contributed by atoms with van der Waals surface area (Å²) in [5.74, 6) is 1.17. The lowest BCUT2D eigenvalue weighted by Gasteiger charge is -2.08. The molecule has 0 atom stereocenters. The molecule has 0 heterocycles. The molecule has 0 bridgehead atoms. The van der Waals surface area contributed by atoms with Crippen LogP contribution in [0, 0.1) is 0 Å². The van der Waals surface area contributed by atoms with Gasteiger partial charge in [-0.25, -0.2) is 0 Å². The van der Waals surface area contributed by atoms with E-state index in [1.807, 2.05) is 0 Å². The zero-order chi connectivity index (χ0) is 9.68. The highest BCUT2D eigenvalue weighted by atomic mass is 16.5. The smallest absolute Gasteiger partial charge is 0.169 e. The van der Waals surface area contributed by atoms with Crippen molar-refractivity contribution in [2.75, 3.05) is 14.2 Å². The second-order valence-electron chi connectivity index (χ2n) is 2.33. The molecule has 0 aliphatic heterocycles. The van der Waals surface area contributed by atoms with Gasteiger partial charge in [-0.1, -0.05) is 11.2 Å². The van der Waals surface area contributed by atoms with E-state index in [1.165, 1.54) is 13.3 Å². The lowest BCUT2D eigenvalue weighted by Crippen LogP contribution is -1.94. The average molecular weight is 181 g/mol. The Balaban J connectivity index is 3.18. The monoisotopic (exact) mass is 181 g/mol. The number of ether oxygens (including phenoxy) is 2. The molecule has 0 aromatic heterocycles. The SMILES string of the molecule is COc1cccc(C=NO)c1OC. The van der Waals surface area contributed by atoms with Crippen molar-refractivity contribution in [2.45, 2.75) is 0 Å². The van der Waals surface area contributed by atoms with Crippen LogP contribution in [-0.4, -0.2) is 25.6 Å². The maximum absolute atomic E-state index is 8.38. The summed E-state index contributed by atoms with van der Waals surface area (Å²) >= 11 is 0. The number of para-hydroxylation sites is 1. The van der Waals surface area contributed by atoms with Gasteiger partial charge in [-0.2, -0.15) is 0 Å².